The van der Waals surface area contributed by atoms with E-state index in [0.717, 1.165) is 76.7 Å². The zero-order chi connectivity index (χ0) is 51.6. The van der Waals surface area contributed by atoms with Crippen molar-refractivity contribution >= 4 is 29.5 Å². The molecule has 0 saturated heterocycles. The van der Waals surface area contributed by atoms with Gasteiger partial charge in [-0.25, -0.2) is 0 Å². The van der Waals surface area contributed by atoms with Crippen molar-refractivity contribution < 1.29 is 39.9 Å². The number of aliphatic hydroxyl groups excluding tert-OH is 2. The quantitative estimate of drug-likeness (QED) is 0.0515. The minimum atomic E-state index is -1.44. The number of nitrogens with one attached hydrogen (secondary N) is 3. The summed E-state index contributed by atoms with van der Waals surface area (Å²) >= 11 is 0. The van der Waals surface area contributed by atoms with Crippen molar-refractivity contribution in [1.82, 2.24) is 9.97 Å². The maximum atomic E-state index is 16.0. The molecule has 5 bridgehead atoms. The molecule has 75 heavy (non-hydrogen) atoms. The molecule has 11 rings (SSSR count). The van der Waals surface area contributed by atoms with Gasteiger partial charge < -0.3 is 45.6 Å². The van der Waals surface area contributed by atoms with Gasteiger partial charge in [0.25, 0.3) is 0 Å². The number of hydrogen-bond donors (Lipinski definition) is 8. The number of anilines is 1. The maximum Gasteiger partial charge on any atom is 0.161 e. The highest BCUT2D eigenvalue weighted by Crippen LogP contribution is 2.48. The molecule has 6 aromatic rings. The summed E-state index contributed by atoms with van der Waals surface area (Å²) in [4.78, 5) is 37.9. The standard InChI is InChI=1S/C64H67N3O8/c68-31-26-51-58(71)21-18-41-34-45(61(72)59(35-41)75-46-11-4-5-12-46)33-40-17-19-47-44(32-40)36-43-24-29-66-63(43)67-54(13-7-15-57(70)50(47)20-16-39-8-2-1-3-9-39)52-37-55-49(25-30-65-55)53(60(52)62(51)73)38-64(74)27-22-42-10-6-14-56(69)48(42)23-28-64/h1-3,6,8-10,14,17,19,23-25,28-30,32,34-35,37,46,50-51,53-54,57,60,65-70,72,74H,4-5,11-12,15-16,18,20-22,26-27,31,33,36,38H2/t50-,51+,53-,54+,57-,60-,64+/m0/s1. The molecule has 11 nitrogen and oxygen atoms in total. The number of rotatable bonds is 9. The number of aromatic hydroxyl groups is 2. The van der Waals surface area contributed by atoms with Crippen molar-refractivity contribution in [2.24, 2.45) is 11.8 Å². The van der Waals surface area contributed by atoms with Crippen molar-refractivity contribution in [1.29, 1.82) is 0 Å². The molecule has 4 heterocycles. The van der Waals surface area contributed by atoms with Crippen LogP contribution in [0.25, 0.3) is 12.2 Å². The van der Waals surface area contributed by atoms with E-state index >= 15 is 4.79 Å². The fraction of sp³-hybridized carbons (Fsp3) is 0.375. The topological polar surface area (TPSA) is 188 Å². The fourth-order valence-electron chi connectivity index (χ4n) is 12.8. The van der Waals surface area contributed by atoms with Crippen LogP contribution in [0.15, 0.2) is 115 Å². The molecule has 0 radical (unpaired) electrons. The van der Waals surface area contributed by atoms with Gasteiger partial charge in [-0.05, 0) is 151 Å². The fourth-order valence-corrected chi connectivity index (χ4v) is 12.8. The average molecular weight is 1010 g/mol. The van der Waals surface area contributed by atoms with Gasteiger partial charge in [0.05, 0.1) is 23.7 Å². The Balaban J connectivity index is 1.07. The Morgan fingerprint density at radius 1 is 0.773 bits per heavy atom. The number of aromatic nitrogens is 2. The predicted molar refractivity (Wildman–Crippen MR) is 291 cm³/mol. The number of aliphatic hydroxyl groups is 3. The Hall–Kier alpha value is -7.10. The zero-order valence-electron chi connectivity index (χ0n) is 42.4. The molecule has 2 aromatic heterocycles. The summed E-state index contributed by atoms with van der Waals surface area (Å²) in [5, 5.41) is 62.6. The van der Waals surface area contributed by atoms with Crippen molar-refractivity contribution in [3.8, 4) is 29.1 Å². The van der Waals surface area contributed by atoms with Gasteiger partial charge >= 0.3 is 0 Å². The number of H-pyrrole nitrogens is 2. The van der Waals surface area contributed by atoms with Crippen molar-refractivity contribution in [3.05, 3.63) is 176 Å². The second kappa shape index (κ2) is 21.6. The molecule has 0 amide bonds. The molecular weight excluding hydrogens is 939 g/mol. The number of carbonyl (C=O) groups is 2. The van der Waals surface area contributed by atoms with E-state index in [4.69, 9.17) is 4.74 Å². The molecule has 8 N–H and O–H groups in total. The summed E-state index contributed by atoms with van der Waals surface area (Å²) in [7, 11) is 0. The van der Waals surface area contributed by atoms with Gasteiger partial charge in [-0.15, -0.1) is 0 Å². The third-order valence-electron chi connectivity index (χ3n) is 16.8. The van der Waals surface area contributed by atoms with Crippen molar-refractivity contribution in [2.45, 2.75) is 132 Å². The van der Waals surface area contributed by atoms with Gasteiger partial charge in [0, 0.05) is 79.3 Å². The lowest BCUT2D eigenvalue weighted by atomic mass is 9.65. The molecular formula is C64H67N3O8. The van der Waals surface area contributed by atoms with E-state index in [1.54, 1.807) is 24.3 Å². The Labute approximate surface area is 438 Å². The van der Waals surface area contributed by atoms with E-state index in [1.807, 2.05) is 67.0 Å². The first-order valence-electron chi connectivity index (χ1n) is 27.1. The first-order chi connectivity index (χ1) is 36.5. The number of aromatic amines is 2. The van der Waals surface area contributed by atoms with E-state index in [1.165, 1.54) is 5.56 Å². The lowest BCUT2D eigenvalue weighted by molar-refractivity contribution is -0.135. The van der Waals surface area contributed by atoms with Gasteiger partial charge in [0.15, 0.2) is 17.3 Å². The van der Waals surface area contributed by atoms with E-state index in [2.05, 4.69) is 57.5 Å². The second-order valence-electron chi connectivity index (χ2n) is 21.7. The monoisotopic (exact) mass is 1010 g/mol. The highest BCUT2D eigenvalue weighted by Gasteiger charge is 2.46. The van der Waals surface area contributed by atoms with E-state index in [-0.39, 0.29) is 67.2 Å². The van der Waals surface area contributed by atoms with Gasteiger partial charge in [-0.2, -0.15) is 0 Å². The van der Waals surface area contributed by atoms with Crippen LogP contribution in [0, 0.1) is 23.7 Å². The number of benzene rings is 4. The largest absolute Gasteiger partial charge is 0.507 e. The normalized spacial score (nSPS) is 24.7. The van der Waals surface area contributed by atoms with Crippen LogP contribution in [0.3, 0.4) is 0 Å². The smallest absolute Gasteiger partial charge is 0.161 e. The summed E-state index contributed by atoms with van der Waals surface area (Å²) in [5.74, 6) is 4.36. The van der Waals surface area contributed by atoms with E-state index in [9.17, 15) is 30.3 Å². The summed E-state index contributed by atoms with van der Waals surface area (Å²) < 4.78 is 6.55. The molecule has 0 spiro atoms. The SMILES string of the molecule is O=C1CCc2cc(c(O)c(OC3CCCC3)c2)Cc2ccc3c(c2)Cc2cc[nH]c2N[C@H](C#CC[C@H](O)[C@H]3CCc2ccccc2)C2=Cc3[nH]ccc3[C@H](C[C@]3(O)C=Cc4c(O)cccc4CC3)[C@H]2C(=O)[C@@H]1CCO. The van der Waals surface area contributed by atoms with E-state index < -0.39 is 42.1 Å². The zero-order valence-corrected chi connectivity index (χ0v) is 42.4. The summed E-state index contributed by atoms with van der Waals surface area (Å²) in [6, 6.07) is 29.1. The lowest BCUT2D eigenvalue weighted by Crippen LogP contribution is -2.42. The lowest BCUT2D eigenvalue weighted by Gasteiger charge is -2.39. The van der Waals surface area contributed by atoms with Crippen LogP contribution in [0.1, 0.15) is 137 Å². The van der Waals surface area contributed by atoms with Crippen LogP contribution < -0.4 is 10.1 Å². The van der Waals surface area contributed by atoms with Crippen molar-refractivity contribution in [3.63, 3.8) is 0 Å². The highest BCUT2D eigenvalue weighted by atomic mass is 16.5. The molecule has 386 valence electrons. The molecule has 4 aromatic carbocycles. The van der Waals surface area contributed by atoms with Gasteiger partial charge in [-0.1, -0.05) is 90.7 Å². The van der Waals surface area contributed by atoms with Crippen molar-refractivity contribution in [2.75, 3.05) is 11.9 Å². The molecule has 5 aliphatic rings. The number of phenolic OH excluding ortho intramolecular Hbond substituents is 2. The van der Waals surface area contributed by atoms with E-state index in [0.29, 0.717) is 60.4 Å². The highest BCUT2D eigenvalue weighted by molar-refractivity contribution is 6.05. The molecule has 0 unspecified atom stereocenters. The second-order valence-corrected chi connectivity index (χ2v) is 21.7. The summed E-state index contributed by atoms with van der Waals surface area (Å²) in [6.07, 6.45) is 15.6. The number of aryl methyl sites for hydroxylation is 3. The Bertz CT molecular complexity index is 3200. The Morgan fingerprint density at radius 3 is 2.44 bits per heavy atom. The number of ether oxygens (including phenoxy) is 1. The first kappa shape index (κ1) is 50.1. The molecule has 2 aliphatic heterocycles. The van der Waals surface area contributed by atoms with Crippen LogP contribution in [-0.4, -0.2) is 77.5 Å². The molecule has 1 fully saturated rings. The summed E-state index contributed by atoms with van der Waals surface area (Å²) in [6.45, 7) is -0.401. The molecule has 11 heteroatoms. The van der Waals surface area contributed by atoms with Crippen LogP contribution in [0.2, 0.25) is 0 Å². The summed E-state index contributed by atoms with van der Waals surface area (Å²) in [5.41, 5.74) is 8.89. The molecule has 3 aliphatic carbocycles. The molecule has 1 saturated carbocycles. The number of ketones is 2. The number of hydrogen-bond acceptors (Lipinski definition) is 9. The van der Waals surface area contributed by atoms with Crippen LogP contribution in [-0.2, 0) is 41.7 Å². The average Bonchev–Trinajstić information content (AvgIpc) is 4.19. The molecule has 7 atom stereocenters. The number of carbonyl (C=O) groups excluding carboxylic acids is 2. The van der Waals surface area contributed by atoms with Crippen LogP contribution in [0.5, 0.6) is 17.2 Å². The van der Waals surface area contributed by atoms with Gasteiger partial charge in [0.1, 0.15) is 23.4 Å². The minimum Gasteiger partial charge on any atom is -0.507 e. The predicted octanol–water partition coefficient (Wildman–Crippen LogP) is 10.2. The number of Topliss-reactive ketones (excluding diaryl/α,β-unsaturated/α-hetero) is 2. The number of phenols is 2. The maximum absolute atomic E-state index is 16.0. The minimum absolute atomic E-state index is 0.00181. The van der Waals surface area contributed by atoms with Gasteiger partial charge in [0.2, 0.25) is 0 Å². The van der Waals surface area contributed by atoms with Gasteiger partial charge in [-0.3, -0.25) is 9.59 Å². The number of fused-ring (bicyclic) bond motifs is 8. The van der Waals surface area contributed by atoms with Crippen LogP contribution in [0.4, 0.5) is 5.82 Å². The third kappa shape index (κ3) is 10.6. The van der Waals surface area contributed by atoms with Crippen LogP contribution >= 0.6 is 0 Å². The Morgan fingerprint density at radius 2 is 1.60 bits per heavy atom. The Kier molecular flexibility index (Phi) is 14.4. The third-order valence-corrected chi connectivity index (χ3v) is 16.8. The first-order valence-corrected chi connectivity index (χ1v) is 27.1.